The number of hydrogen-bond acceptors (Lipinski definition) is 7. The first kappa shape index (κ1) is 21.2. The second-order valence-corrected chi connectivity index (χ2v) is 7.74. The van der Waals surface area contributed by atoms with E-state index in [1.165, 1.54) is 6.20 Å². The SMILES string of the molecule is O=C(Cc1cn(Cc2ccc(Cl)c(Cl)c2)nn1)Nc1ncc(C(=O)NCCO)s1. The van der Waals surface area contributed by atoms with Gasteiger partial charge in [-0.2, -0.15) is 0 Å². The molecular weight excluding hydrogens is 439 g/mol. The summed E-state index contributed by atoms with van der Waals surface area (Å²) in [6.07, 6.45) is 3.03. The van der Waals surface area contributed by atoms with E-state index in [1.807, 2.05) is 6.07 Å². The third-order valence-corrected chi connectivity index (χ3v) is 5.28. The number of amides is 2. The van der Waals surface area contributed by atoms with Crippen LogP contribution in [0.4, 0.5) is 5.13 Å². The van der Waals surface area contributed by atoms with Crippen LogP contribution in [0.5, 0.6) is 0 Å². The zero-order chi connectivity index (χ0) is 20.8. The average Bonchev–Trinajstić information content (AvgIpc) is 3.32. The Labute approximate surface area is 179 Å². The maximum absolute atomic E-state index is 12.2. The molecule has 3 N–H and O–H groups in total. The number of carbonyl (C=O) groups is 2. The minimum Gasteiger partial charge on any atom is -0.395 e. The summed E-state index contributed by atoms with van der Waals surface area (Å²) in [4.78, 5) is 28.3. The highest BCUT2D eigenvalue weighted by Crippen LogP contribution is 2.23. The number of aliphatic hydroxyl groups excluding tert-OH is 1. The number of carbonyl (C=O) groups excluding carboxylic acids is 2. The van der Waals surface area contributed by atoms with Gasteiger partial charge in [-0.1, -0.05) is 45.8 Å². The zero-order valence-corrected chi connectivity index (χ0v) is 17.3. The van der Waals surface area contributed by atoms with Crippen LogP contribution in [0.3, 0.4) is 0 Å². The molecule has 0 atom stereocenters. The summed E-state index contributed by atoms with van der Waals surface area (Å²) in [5.74, 6) is -0.689. The van der Waals surface area contributed by atoms with Gasteiger partial charge in [0.05, 0.1) is 41.5 Å². The van der Waals surface area contributed by atoms with Crippen molar-refractivity contribution >= 4 is 51.5 Å². The van der Waals surface area contributed by atoms with Crippen LogP contribution in [-0.2, 0) is 17.8 Å². The minimum atomic E-state index is -0.359. The van der Waals surface area contributed by atoms with Crippen LogP contribution in [0.15, 0.2) is 30.6 Å². The first-order chi connectivity index (χ1) is 13.9. The molecule has 0 spiro atoms. The van der Waals surface area contributed by atoms with E-state index >= 15 is 0 Å². The quantitative estimate of drug-likeness (QED) is 0.478. The Hall–Kier alpha value is -2.53. The molecule has 0 saturated carbocycles. The maximum atomic E-state index is 12.2. The van der Waals surface area contributed by atoms with Gasteiger partial charge in [-0.3, -0.25) is 9.59 Å². The Balaban J connectivity index is 1.54. The second-order valence-electron chi connectivity index (χ2n) is 5.89. The standard InChI is InChI=1S/C17H16Cl2N6O3S/c18-12-2-1-10(5-13(12)19)8-25-9-11(23-24-25)6-15(27)22-17-21-7-14(29-17)16(28)20-3-4-26/h1-2,5,7,9,26H,3-4,6,8H2,(H,20,28)(H,21,22,27). The summed E-state index contributed by atoms with van der Waals surface area (Å²) >= 11 is 12.9. The molecule has 0 radical (unpaired) electrons. The van der Waals surface area contributed by atoms with Gasteiger partial charge in [-0.15, -0.1) is 5.10 Å². The van der Waals surface area contributed by atoms with Gasteiger partial charge in [0.2, 0.25) is 5.91 Å². The smallest absolute Gasteiger partial charge is 0.263 e. The molecule has 3 aromatic rings. The molecular formula is C17H16Cl2N6O3S. The van der Waals surface area contributed by atoms with Crippen molar-refractivity contribution in [3.8, 4) is 0 Å². The topological polar surface area (TPSA) is 122 Å². The predicted molar refractivity (Wildman–Crippen MR) is 109 cm³/mol. The summed E-state index contributed by atoms with van der Waals surface area (Å²) in [5.41, 5.74) is 1.38. The fraction of sp³-hybridized carbons (Fsp3) is 0.235. The van der Waals surface area contributed by atoms with Crippen molar-refractivity contribution in [2.75, 3.05) is 18.5 Å². The first-order valence-corrected chi connectivity index (χ1v) is 9.99. The molecule has 0 fully saturated rings. The number of thiazole rings is 1. The van der Waals surface area contributed by atoms with Gasteiger partial charge in [0, 0.05) is 12.7 Å². The number of hydrogen-bond donors (Lipinski definition) is 3. The Morgan fingerprint density at radius 1 is 1.24 bits per heavy atom. The molecule has 0 saturated heterocycles. The van der Waals surface area contributed by atoms with Crippen molar-refractivity contribution in [3.05, 3.63) is 56.8 Å². The summed E-state index contributed by atoms with van der Waals surface area (Å²) in [6.45, 7) is 0.431. The van der Waals surface area contributed by atoms with Gasteiger partial charge in [0.25, 0.3) is 5.91 Å². The van der Waals surface area contributed by atoms with Crippen molar-refractivity contribution in [1.29, 1.82) is 0 Å². The molecule has 2 heterocycles. The van der Waals surface area contributed by atoms with E-state index in [0.29, 0.717) is 32.3 Å². The molecule has 1 aromatic carbocycles. The number of anilines is 1. The lowest BCUT2D eigenvalue weighted by molar-refractivity contribution is -0.115. The molecule has 3 rings (SSSR count). The van der Waals surface area contributed by atoms with E-state index in [-0.39, 0.29) is 31.4 Å². The van der Waals surface area contributed by atoms with Gasteiger partial charge in [0.15, 0.2) is 5.13 Å². The fourth-order valence-electron chi connectivity index (χ4n) is 2.34. The predicted octanol–water partition coefficient (Wildman–Crippen LogP) is 1.99. The van der Waals surface area contributed by atoms with Crippen LogP contribution in [0, 0.1) is 0 Å². The van der Waals surface area contributed by atoms with Gasteiger partial charge >= 0.3 is 0 Å². The highest BCUT2D eigenvalue weighted by molar-refractivity contribution is 7.17. The molecule has 12 heteroatoms. The van der Waals surface area contributed by atoms with Crippen molar-refractivity contribution in [1.82, 2.24) is 25.3 Å². The van der Waals surface area contributed by atoms with Crippen LogP contribution in [-0.4, -0.2) is 50.1 Å². The number of halogens is 2. The Bertz CT molecular complexity index is 1020. The van der Waals surface area contributed by atoms with Crippen molar-refractivity contribution in [2.24, 2.45) is 0 Å². The molecule has 0 aliphatic rings. The molecule has 0 bridgehead atoms. The number of aliphatic hydroxyl groups is 1. The molecule has 0 aliphatic carbocycles. The van der Waals surface area contributed by atoms with Crippen LogP contribution >= 0.6 is 34.5 Å². The van der Waals surface area contributed by atoms with Gasteiger partial charge < -0.3 is 15.7 Å². The molecule has 2 amide bonds. The number of benzene rings is 1. The summed E-state index contributed by atoms with van der Waals surface area (Å²) < 4.78 is 1.59. The highest BCUT2D eigenvalue weighted by Gasteiger charge is 2.13. The van der Waals surface area contributed by atoms with Crippen molar-refractivity contribution in [3.63, 3.8) is 0 Å². The third-order valence-electron chi connectivity index (χ3n) is 3.63. The maximum Gasteiger partial charge on any atom is 0.263 e. The average molecular weight is 455 g/mol. The highest BCUT2D eigenvalue weighted by atomic mass is 35.5. The van der Waals surface area contributed by atoms with Gasteiger partial charge in [-0.25, -0.2) is 9.67 Å². The summed E-state index contributed by atoms with van der Waals surface area (Å²) in [7, 11) is 0. The molecule has 2 aromatic heterocycles. The van der Waals surface area contributed by atoms with Crippen molar-refractivity contribution < 1.29 is 14.7 Å². The molecule has 9 nitrogen and oxygen atoms in total. The lowest BCUT2D eigenvalue weighted by atomic mass is 10.2. The van der Waals surface area contributed by atoms with E-state index in [1.54, 1.807) is 23.0 Å². The van der Waals surface area contributed by atoms with E-state index in [0.717, 1.165) is 16.9 Å². The summed E-state index contributed by atoms with van der Waals surface area (Å²) in [6, 6.07) is 5.28. The molecule has 152 valence electrons. The lowest BCUT2D eigenvalue weighted by Gasteiger charge is -2.02. The van der Waals surface area contributed by atoms with Gasteiger partial charge in [-0.05, 0) is 17.7 Å². The normalized spacial score (nSPS) is 10.7. The van der Waals surface area contributed by atoms with E-state index in [2.05, 4.69) is 25.9 Å². The molecule has 0 unspecified atom stereocenters. The lowest BCUT2D eigenvalue weighted by Crippen LogP contribution is -2.25. The van der Waals surface area contributed by atoms with Crippen LogP contribution in [0.2, 0.25) is 10.0 Å². The number of rotatable bonds is 8. The van der Waals surface area contributed by atoms with Crippen molar-refractivity contribution in [2.45, 2.75) is 13.0 Å². The van der Waals surface area contributed by atoms with E-state index in [4.69, 9.17) is 28.3 Å². The summed E-state index contributed by atoms with van der Waals surface area (Å²) in [5, 5.41) is 23.1. The Morgan fingerprint density at radius 2 is 2.07 bits per heavy atom. The van der Waals surface area contributed by atoms with Crippen LogP contribution in [0.1, 0.15) is 20.9 Å². The molecule has 29 heavy (non-hydrogen) atoms. The Kier molecular flexibility index (Phi) is 7.15. The third kappa shape index (κ3) is 5.97. The van der Waals surface area contributed by atoms with E-state index in [9.17, 15) is 9.59 Å². The fourth-order valence-corrected chi connectivity index (χ4v) is 3.41. The molecule has 0 aliphatic heterocycles. The van der Waals surface area contributed by atoms with Gasteiger partial charge in [0.1, 0.15) is 4.88 Å². The van der Waals surface area contributed by atoms with Crippen LogP contribution in [0.25, 0.3) is 0 Å². The first-order valence-electron chi connectivity index (χ1n) is 8.42. The monoisotopic (exact) mass is 454 g/mol. The Morgan fingerprint density at radius 3 is 2.83 bits per heavy atom. The van der Waals surface area contributed by atoms with Crippen LogP contribution < -0.4 is 10.6 Å². The minimum absolute atomic E-state index is 0.00694. The largest absolute Gasteiger partial charge is 0.395 e. The second kappa shape index (κ2) is 9.79. The number of aromatic nitrogens is 4. The zero-order valence-electron chi connectivity index (χ0n) is 14.9. The number of nitrogens with one attached hydrogen (secondary N) is 2. The number of nitrogens with zero attached hydrogens (tertiary/aromatic N) is 4. The van der Waals surface area contributed by atoms with E-state index < -0.39 is 0 Å².